The lowest BCUT2D eigenvalue weighted by molar-refractivity contribution is 0.0626. The van der Waals surface area contributed by atoms with Crippen molar-refractivity contribution in [2.24, 2.45) is 5.73 Å². The van der Waals surface area contributed by atoms with E-state index in [1.54, 1.807) is 6.07 Å². The number of nitrogens with two attached hydrogens (primary N) is 1. The van der Waals surface area contributed by atoms with Crippen LogP contribution >= 0.6 is 0 Å². The third kappa shape index (κ3) is 5.06. The lowest BCUT2D eigenvalue weighted by atomic mass is 10.2. The average Bonchev–Trinajstić information content (AvgIpc) is 2.52. The van der Waals surface area contributed by atoms with E-state index in [1.165, 1.54) is 24.3 Å². The molecule has 0 bridgehead atoms. The van der Waals surface area contributed by atoms with Gasteiger partial charge in [-0.3, -0.25) is 0 Å². The Bertz CT molecular complexity index is 560. The van der Waals surface area contributed by atoms with E-state index >= 15 is 0 Å². The maximum absolute atomic E-state index is 12.7. The molecule has 0 aliphatic rings. The predicted molar refractivity (Wildman–Crippen MR) is 77.7 cm³/mol. The number of ether oxygens (including phenoxy) is 2. The summed E-state index contributed by atoms with van der Waals surface area (Å²) in [6.45, 7) is 0.616. The Labute approximate surface area is 122 Å². The quantitative estimate of drug-likeness (QED) is 0.820. The molecular weight excluding hydrogens is 273 g/mol. The van der Waals surface area contributed by atoms with Gasteiger partial charge in [0.25, 0.3) is 0 Å². The molecule has 0 aromatic heterocycles. The second-order valence-electron chi connectivity index (χ2n) is 4.58. The lowest BCUT2D eigenvalue weighted by Gasteiger charge is -2.14. The maximum Gasteiger partial charge on any atom is 0.123 e. The molecule has 0 aliphatic heterocycles. The van der Waals surface area contributed by atoms with Crippen molar-refractivity contribution < 1.29 is 19.0 Å². The second kappa shape index (κ2) is 7.61. The summed E-state index contributed by atoms with van der Waals surface area (Å²) in [5, 5.41) is 9.80. The van der Waals surface area contributed by atoms with Crippen LogP contribution in [0.5, 0.6) is 11.5 Å². The van der Waals surface area contributed by atoms with E-state index < -0.39 is 6.10 Å². The standard InChI is InChI=1S/C16H18FNO3/c17-13-4-6-15(7-5-13)20-10-14(19)11-21-16-3-1-2-12(8-16)9-18/h1-8,14,19H,9-11,18H2. The molecule has 0 fully saturated rings. The summed E-state index contributed by atoms with van der Waals surface area (Å²) in [5.41, 5.74) is 6.51. The molecule has 0 saturated carbocycles. The van der Waals surface area contributed by atoms with Gasteiger partial charge in [0.05, 0.1) is 0 Å². The van der Waals surface area contributed by atoms with Crippen LogP contribution in [0.25, 0.3) is 0 Å². The third-order valence-electron chi connectivity index (χ3n) is 2.83. The third-order valence-corrected chi connectivity index (χ3v) is 2.83. The molecule has 1 unspecified atom stereocenters. The monoisotopic (exact) mass is 291 g/mol. The smallest absolute Gasteiger partial charge is 0.123 e. The molecule has 0 heterocycles. The Balaban J connectivity index is 1.76. The van der Waals surface area contributed by atoms with Crippen LogP contribution in [-0.2, 0) is 6.54 Å². The Hall–Kier alpha value is -2.11. The van der Waals surface area contributed by atoms with Crippen LogP contribution in [0.4, 0.5) is 4.39 Å². The van der Waals surface area contributed by atoms with Crippen molar-refractivity contribution >= 4 is 0 Å². The van der Waals surface area contributed by atoms with Crippen LogP contribution < -0.4 is 15.2 Å². The van der Waals surface area contributed by atoms with Gasteiger partial charge in [0.15, 0.2) is 0 Å². The first kappa shape index (κ1) is 15.3. The Kier molecular flexibility index (Phi) is 5.54. The van der Waals surface area contributed by atoms with Gasteiger partial charge in [-0.15, -0.1) is 0 Å². The van der Waals surface area contributed by atoms with Gasteiger partial charge in [-0.25, -0.2) is 4.39 Å². The summed E-state index contributed by atoms with van der Waals surface area (Å²) >= 11 is 0. The zero-order valence-corrected chi connectivity index (χ0v) is 11.5. The number of rotatable bonds is 7. The van der Waals surface area contributed by atoms with Gasteiger partial charge in [0.2, 0.25) is 0 Å². The van der Waals surface area contributed by atoms with Gasteiger partial charge in [-0.1, -0.05) is 12.1 Å². The summed E-state index contributed by atoms with van der Waals surface area (Å²) in [5.74, 6) is 0.824. The minimum Gasteiger partial charge on any atom is -0.491 e. The van der Waals surface area contributed by atoms with Gasteiger partial charge in [0.1, 0.15) is 36.6 Å². The molecule has 0 saturated heterocycles. The zero-order chi connectivity index (χ0) is 15.1. The first-order chi connectivity index (χ1) is 10.2. The highest BCUT2D eigenvalue weighted by atomic mass is 19.1. The van der Waals surface area contributed by atoms with E-state index in [9.17, 15) is 9.50 Å². The van der Waals surface area contributed by atoms with Crippen molar-refractivity contribution in [2.45, 2.75) is 12.6 Å². The van der Waals surface area contributed by atoms with E-state index in [1.807, 2.05) is 18.2 Å². The molecular formula is C16H18FNO3. The van der Waals surface area contributed by atoms with Crippen molar-refractivity contribution in [3.63, 3.8) is 0 Å². The van der Waals surface area contributed by atoms with Gasteiger partial charge in [-0.05, 0) is 42.0 Å². The summed E-state index contributed by atoms with van der Waals surface area (Å²) in [4.78, 5) is 0. The molecule has 0 amide bonds. The molecule has 2 rings (SSSR count). The minimum absolute atomic E-state index is 0.0716. The molecule has 21 heavy (non-hydrogen) atoms. The molecule has 0 radical (unpaired) electrons. The number of hydrogen-bond acceptors (Lipinski definition) is 4. The van der Waals surface area contributed by atoms with Crippen LogP contribution in [-0.4, -0.2) is 24.4 Å². The maximum atomic E-state index is 12.7. The molecule has 2 aromatic carbocycles. The Morgan fingerprint density at radius 3 is 2.33 bits per heavy atom. The number of aliphatic hydroxyl groups excluding tert-OH is 1. The molecule has 0 aliphatic carbocycles. The van der Waals surface area contributed by atoms with Gasteiger partial charge < -0.3 is 20.3 Å². The first-order valence-corrected chi connectivity index (χ1v) is 6.65. The van der Waals surface area contributed by atoms with Crippen molar-refractivity contribution in [1.29, 1.82) is 0 Å². The van der Waals surface area contributed by atoms with Crippen LogP contribution in [0.1, 0.15) is 5.56 Å². The number of hydrogen-bond donors (Lipinski definition) is 2. The highest BCUT2D eigenvalue weighted by Crippen LogP contribution is 2.14. The average molecular weight is 291 g/mol. The normalized spacial score (nSPS) is 12.0. The fourth-order valence-corrected chi connectivity index (χ4v) is 1.73. The molecule has 3 N–H and O–H groups in total. The van der Waals surface area contributed by atoms with Crippen LogP contribution in [0.2, 0.25) is 0 Å². The Morgan fingerprint density at radius 1 is 1.00 bits per heavy atom. The minimum atomic E-state index is -0.781. The van der Waals surface area contributed by atoms with Gasteiger partial charge in [-0.2, -0.15) is 0 Å². The second-order valence-corrected chi connectivity index (χ2v) is 4.58. The highest BCUT2D eigenvalue weighted by Gasteiger charge is 2.07. The van der Waals surface area contributed by atoms with Crippen molar-refractivity contribution in [3.05, 3.63) is 59.9 Å². The largest absolute Gasteiger partial charge is 0.491 e. The van der Waals surface area contributed by atoms with E-state index in [0.29, 0.717) is 18.0 Å². The van der Waals surface area contributed by atoms with Gasteiger partial charge in [0, 0.05) is 6.54 Å². The predicted octanol–water partition coefficient (Wildman–Crippen LogP) is 2.10. The SMILES string of the molecule is NCc1cccc(OCC(O)COc2ccc(F)cc2)c1. The summed E-state index contributed by atoms with van der Waals surface area (Å²) in [6, 6.07) is 13.0. The van der Waals surface area contributed by atoms with E-state index in [2.05, 4.69) is 0 Å². The molecule has 2 aromatic rings. The topological polar surface area (TPSA) is 64.7 Å². The van der Waals surface area contributed by atoms with Crippen molar-refractivity contribution in [2.75, 3.05) is 13.2 Å². The van der Waals surface area contributed by atoms with Crippen LogP contribution in [0.15, 0.2) is 48.5 Å². The van der Waals surface area contributed by atoms with Gasteiger partial charge >= 0.3 is 0 Å². The summed E-state index contributed by atoms with van der Waals surface area (Å²) < 4.78 is 23.5. The van der Waals surface area contributed by atoms with Crippen LogP contribution in [0.3, 0.4) is 0 Å². The number of benzene rings is 2. The van der Waals surface area contributed by atoms with E-state index in [0.717, 1.165) is 5.56 Å². The molecule has 112 valence electrons. The fourth-order valence-electron chi connectivity index (χ4n) is 1.73. The Morgan fingerprint density at radius 2 is 1.67 bits per heavy atom. The van der Waals surface area contributed by atoms with Crippen molar-refractivity contribution in [1.82, 2.24) is 0 Å². The summed E-state index contributed by atoms with van der Waals surface area (Å²) in [7, 11) is 0. The number of aliphatic hydroxyl groups is 1. The van der Waals surface area contributed by atoms with E-state index in [4.69, 9.17) is 15.2 Å². The summed E-state index contributed by atoms with van der Waals surface area (Å²) in [6.07, 6.45) is -0.781. The molecule has 5 heteroatoms. The highest BCUT2D eigenvalue weighted by molar-refractivity contribution is 5.28. The fraction of sp³-hybridized carbons (Fsp3) is 0.250. The van der Waals surface area contributed by atoms with E-state index in [-0.39, 0.29) is 19.0 Å². The van der Waals surface area contributed by atoms with Crippen LogP contribution in [0, 0.1) is 5.82 Å². The molecule has 1 atom stereocenters. The van der Waals surface area contributed by atoms with Crippen molar-refractivity contribution in [3.8, 4) is 11.5 Å². The zero-order valence-electron chi connectivity index (χ0n) is 11.5. The lowest BCUT2D eigenvalue weighted by Crippen LogP contribution is -2.25. The first-order valence-electron chi connectivity index (χ1n) is 6.65. The number of halogens is 1. The molecule has 4 nitrogen and oxygen atoms in total. The molecule has 0 spiro atoms.